The Morgan fingerprint density at radius 2 is 1.97 bits per heavy atom. The van der Waals surface area contributed by atoms with Crippen molar-refractivity contribution < 1.29 is 37.2 Å². The number of ether oxygens (including phenoxy) is 1. The Morgan fingerprint density at radius 3 is 2.50 bits per heavy atom. The summed E-state index contributed by atoms with van der Waals surface area (Å²) in [6.45, 7) is 4.34. The van der Waals surface area contributed by atoms with E-state index in [1.807, 2.05) is 13.8 Å². The van der Waals surface area contributed by atoms with E-state index in [1.165, 1.54) is 0 Å². The third-order valence-electron chi connectivity index (χ3n) is 6.84. The fourth-order valence-corrected chi connectivity index (χ4v) is 5.66. The summed E-state index contributed by atoms with van der Waals surface area (Å²) in [5.74, 6) is -0.490. The number of alkyl carbamates (subject to hydrolysis) is 1. The van der Waals surface area contributed by atoms with E-state index in [4.69, 9.17) is 4.74 Å². The number of carbonyl (C=O) groups excluding carboxylic acids is 3. The first-order valence-electron chi connectivity index (χ1n) is 11.8. The molecule has 1 aliphatic heterocycles. The van der Waals surface area contributed by atoms with Gasteiger partial charge in [0.2, 0.25) is 17.3 Å². The van der Waals surface area contributed by atoms with Crippen LogP contribution in [0.2, 0.25) is 0 Å². The monoisotopic (exact) mass is 501 g/mol. The lowest BCUT2D eigenvalue weighted by Gasteiger charge is -2.27. The number of fused-ring (bicyclic) bond motifs is 2. The predicted molar refractivity (Wildman–Crippen MR) is 122 cm³/mol. The summed E-state index contributed by atoms with van der Waals surface area (Å²) in [6.07, 6.45) is 6.08. The van der Waals surface area contributed by atoms with E-state index in [0.29, 0.717) is 24.8 Å². The zero-order valence-corrected chi connectivity index (χ0v) is 20.3. The Balaban J connectivity index is 1.61. The topological polar surface area (TPSA) is 171 Å². The van der Waals surface area contributed by atoms with Gasteiger partial charge in [0.1, 0.15) is 6.04 Å². The second kappa shape index (κ2) is 11.0. The molecule has 0 aromatic heterocycles. The normalized spacial score (nSPS) is 28.4. The molecule has 0 aromatic carbocycles. The van der Waals surface area contributed by atoms with Crippen LogP contribution in [0.3, 0.4) is 0 Å². The third-order valence-corrected chi connectivity index (χ3v) is 7.78. The lowest BCUT2D eigenvalue weighted by Crippen LogP contribution is -2.55. The molecule has 0 radical (unpaired) electrons. The highest BCUT2D eigenvalue weighted by Crippen LogP contribution is 2.43. The second-order valence-corrected chi connectivity index (χ2v) is 11.5. The van der Waals surface area contributed by atoms with Crippen molar-refractivity contribution in [2.75, 3.05) is 13.2 Å². The van der Waals surface area contributed by atoms with E-state index in [1.54, 1.807) is 0 Å². The van der Waals surface area contributed by atoms with Gasteiger partial charge < -0.3 is 25.8 Å². The quantitative estimate of drug-likeness (QED) is 0.202. The molecule has 1 unspecified atom stereocenters. The highest BCUT2D eigenvalue weighted by atomic mass is 32.2. The van der Waals surface area contributed by atoms with E-state index in [2.05, 4.69) is 28.1 Å². The molecule has 1 heterocycles. The third kappa shape index (κ3) is 6.92. The Morgan fingerprint density at radius 1 is 1.24 bits per heavy atom. The van der Waals surface area contributed by atoms with Crippen molar-refractivity contribution >= 4 is 28.0 Å². The molecule has 3 aliphatic rings. The van der Waals surface area contributed by atoms with Crippen molar-refractivity contribution in [2.24, 2.45) is 29.6 Å². The summed E-state index contributed by atoms with van der Waals surface area (Å²) < 4.78 is 37.8. The molecule has 192 valence electrons. The van der Waals surface area contributed by atoms with Crippen molar-refractivity contribution in [3.63, 3.8) is 0 Å². The fourth-order valence-electron chi connectivity index (χ4n) is 5.07. The van der Waals surface area contributed by atoms with Crippen molar-refractivity contribution in [3.8, 4) is 0 Å². The molecule has 1 saturated carbocycles. The van der Waals surface area contributed by atoms with E-state index in [9.17, 15) is 32.5 Å². The standard InChI is InChI=1S/C22H35N3O8S/c1-12(2)7-17(25-22(29)33-11-16-9-13-3-4-14(16)8-13)20(27)24-18(21(28)34(30,31)32)10-15-5-6-23-19(15)26/h3-4,12-18,21,28H,5-11H2,1-2H3,(H,23,26)(H,24,27)(H,25,29)(H,30,31,32)/t13-,14+,15-,16+,17-,18-,21?/m0/s1. The number of aliphatic hydroxyl groups is 1. The first kappa shape index (κ1) is 26.4. The van der Waals surface area contributed by atoms with Crippen LogP contribution in [-0.4, -0.2) is 66.7 Å². The van der Waals surface area contributed by atoms with E-state index < -0.39 is 45.6 Å². The maximum Gasteiger partial charge on any atom is 0.407 e. The Bertz CT molecular complexity index is 906. The fraction of sp³-hybridized carbons (Fsp3) is 0.773. The summed E-state index contributed by atoms with van der Waals surface area (Å²) in [4.78, 5) is 37.4. The van der Waals surface area contributed by atoms with Crippen LogP contribution in [0.4, 0.5) is 4.79 Å². The zero-order valence-electron chi connectivity index (χ0n) is 19.5. The van der Waals surface area contributed by atoms with Crippen LogP contribution in [-0.2, 0) is 24.4 Å². The van der Waals surface area contributed by atoms with Crippen molar-refractivity contribution in [1.82, 2.24) is 16.0 Å². The predicted octanol–water partition coefficient (Wildman–Crippen LogP) is 0.557. The summed E-state index contributed by atoms with van der Waals surface area (Å²) in [6, 6.07) is -2.49. The number of rotatable bonds is 11. The van der Waals surface area contributed by atoms with Gasteiger partial charge in [0.15, 0.2) is 0 Å². The lowest BCUT2D eigenvalue weighted by atomic mass is 9.95. The number of hydrogen-bond donors (Lipinski definition) is 5. The molecular formula is C22H35N3O8S. The number of hydrogen-bond acceptors (Lipinski definition) is 7. The Hall–Kier alpha value is -2.18. The van der Waals surface area contributed by atoms with Crippen LogP contribution in [0, 0.1) is 29.6 Å². The molecule has 2 aliphatic carbocycles. The molecule has 12 heteroatoms. The van der Waals surface area contributed by atoms with E-state index >= 15 is 0 Å². The van der Waals surface area contributed by atoms with Crippen LogP contribution in [0.25, 0.3) is 0 Å². The summed E-state index contributed by atoms with van der Waals surface area (Å²) in [5.41, 5.74) is -2.32. The van der Waals surface area contributed by atoms with Gasteiger partial charge in [0, 0.05) is 18.4 Å². The van der Waals surface area contributed by atoms with Crippen molar-refractivity contribution in [3.05, 3.63) is 12.2 Å². The number of nitrogens with one attached hydrogen (secondary N) is 3. The highest BCUT2D eigenvalue weighted by molar-refractivity contribution is 7.86. The zero-order chi connectivity index (χ0) is 25.0. The lowest BCUT2D eigenvalue weighted by molar-refractivity contribution is -0.126. The number of amides is 3. The van der Waals surface area contributed by atoms with Crippen LogP contribution in [0.15, 0.2) is 12.2 Å². The molecular weight excluding hydrogens is 466 g/mol. The molecule has 2 fully saturated rings. The molecule has 3 amide bonds. The smallest absolute Gasteiger partial charge is 0.407 e. The van der Waals surface area contributed by atoms with Crippen LogP contribution in [0.1, 0.15) is 46.0 Å². The molecule has 5 N–H and O–H groups in total. The number of carbonyl (C=O) groups is 3. The maximum atomic E-state index is 13.0. The average molecular weight is 502 g/mol. The largest absolute Gasteiger partial charge is 0.449 e. The minimum absolute atomic E-state index is 0.00249. The SMILES string of the molecule is CC(C)C[C@H](NC(=O)OC[C@H]1C[C@H]2C=C[C@@H]1C2)C(=O)N[C@@H](C[C@@H]1CCNC1=O)C(O)S(=O)(=O)O. The minimum Gasteiger partial charge on any atom is -0.449 e. The molecule has 11 nitrogen and oxygen atoms in total. The minimum atomic E-state index is -4.91. The first-order chi connectivity index (χ1) is 15.9. The van der Waals surface area contributed by atoms with Gasteiger partial charge in [-0.15, -0.1) is 0 Å². The van der Waals surface area contributed by atoms with Gasteiger partial charge in [-0.2, -0.15) is 8.42 Å². The van der Waals surface area contributed by atoms with Gasteiger partial charge in [-0.25, -0.2) is 4.79 Å². The maximum absolute atomic E-state index is 13.0. The van der Waals surface area contributed by atoms with E-state index in [-0.39, 0.29) is 37.2 Å². The van der Waals surface area contributed by atoms with Gasteiger partial charge >= 0.3 is 6.09 Å². The molecule has 1 saturated heterocycles. The Labute approximate surface area is 199 Å². The average Bonchev–Trinajstić information content (AvgIpc) is 3.47. The van der Waals surface area contributed by atoms with Crippen molar-refractivity contribution in [2.45, 2.75) is 63.5 Å². The summed E-state index contributed by atoms with van der Waals surface area (Å²) in [5, 5.41) is 17.7. The van der Waals surface area contributed by atoms with Gasteiger partial charge in [-0.3, -0.25) is 14.1 Å². The van der Waals surface area contributed by atoms with Crippen LogP contribution >= 0.6 is 0 Å². The molecule has 7 atom stereocenters. The molecule has 3 rings (SSSR count). The number of allylic oxidation sites excluding steroid dienone is 2. The summed E-state index contributed by atoms with van der Waals surface area (Å²) in [7, 11) is -4.91. The van der Waals surface area contributed by atoms with Gasteiger partial charge in [-0.05, 0) is 49.9 Å². The van der Waals surface area contributed by atoms with Gasteiger partial charge in [-0.1, -0.05) is 26.0 Å². The molecule has 2 bridgehead atoms. The highest BCUT2D eigenvalue weighted by Gasteiger charge is 2.39. The molecule has 34 heavy (non-hydrogen) atoms. The first-order valence-corrected chi connectivity index (χ1v) is 13.3. The Kier molecular flexibility index (Phi) is 8.58. The van der Waals surface area contributed by atoms with Gasteiger partial charge in [0.05, 0.1) is 12.6 Å². The molecule has 0 aromatic rings. The van der Waals surface area contributed by atoms with E-state index in [0.717, 1.165) is 12.8 Å². The molecule has 0 spiro atoms. The summed E-state index contributed by atoms with van der Waals surface area (Å²) >= 11 is 0. The van der Waals surface area contributed by atoms with Crippen LogP contribution < -0.4 is 16.0 Å². The van der Waals surface area contributed by atoms with Gasteiger partial charge in [0.25, 0.3) is 10.1 Å². The van der Waals surface area contributed by atoms with Crippen molar-refractivity contribution in [1.29, 1.82) is 0 Å². The second-order valence-electron chi connectivity index (χ2n) is 10.00. The van der Waals surface area contributed by atoms with Crippen LogP contribution in [0.5, 0.6) is 0 Å². The number of aliphatic hydroxyl groups excluding tert-OH is 1.